The summed E-state index contributed by atoms with van der Waals surface area (Å²) in [5.41, 5.74) is 3.05. The van der Waals surface area contributed by atoms with Crippen LogP contribution in [0.5, 0.6) is 0 Å². The van der Waals surface area contributed by atoms with E-state index in [0.717, 1.165) is 18.8 Å². The molecule has 20 heavy (non-hydrogen) atoms. The molecule has 0 unspecified atom stereocenters. The highest BCUT2D eigenvalue weighted by Crippen LogP contribution is 2.43. The third-order valence-corrected chi connectivity index (χ3v) is 4.70. The van der Waals surface area contributed by atoms with E-state index in [2.05, 4.69) is 41.6 Å². The number of nitrogens with zero attached hydrogens (tertiary/aromatic N) is 2. The quantitative estimate of drug-likeness (QED) is 0.869. The van der Waals surface area contributed by atoms with E-state index in [4.69, 9.17) is 0 Å². The Morgan fingerprint density at radius 3 is 2.60 bits per heavy atom. The van der Waals surface area contributed by atoms with Crippen molar-refractivity contribution >= 4 is 0 Å². The van der Waals surface area contributed by atoms with E-state index in [1.165, 1.54) is 31.2 Å². The van der Waals surface area contributed by atoms with Crippen LogP contribution in [0.1, 0.15) is 38.2 Å². The normalized spacial score (nSPS) is 16.9. The molecule has 1 saturated carbocycles. The van der Waals surface area contributed by atoms with Crippen molar-refractivity contribution in [1.29, 1.82) is 0 Å². The average molecular weight is 269 g/mol. The van der Waals surface area contributed by atoms with E-state index in [0.29, 0.717) is 5.41 Å². The van der Waals surface area contributed by atoms with Crippen molar-refractivity contribution in [2.75, 3.05) is 6.54 Å². The number of rotatable bonds is 6. The van der Waals surface area contributed by atoms with Crippen LogP contribution in [0.4, 0.5) is 0 Å². The Kier molecular flexibility index (Phi) is 3.88. The molecule has 3 rings (SSSR count). The fraction of sp³-hybridized carbons (Fsp3) is 0.471. The SMILES string of the molecule is CCC1(CNCc2ccc(-n3cccn3)cc2)CCC1. The Bertz CT molecular complexity index is 518. The van der Waals surface area contributed by atoms with E-state index in [-0.39, 0.29) is 0 Å². The van der Waals surface area contributed by atoms with Crippen molar-refractivity contribution in [3.8, 4) is 5.69 Å². The molecule has 0 amide bonds. The van der Waals surface area contributed by atoms with Gasteiger partial charge in [0.05, 0.1) is 5.69 Å². The largest absolute Gasteiger partial charge is 0.312 e. The van der Waals surface area contributed by atoms with Crippen LogP contribution in [-0.4, -0.2) is 16.3 Å². The summed E-state index contributed by atoms with van der Waals surface area (Å²) in [7, 11) is 0. The van der Waals surface area contributed by atoms with Crippen LogP contribution < -0.4 is 5.32 Å². The molecular weight excluding hydrogens is 246 g/mol. The van der Waals surface area contributed by atoms with E-state index >= 15 is 0 Å². The number of hydrogen-bond donors (Lipinski definition) is 1. The van der Waals surface area contributed by atoms with Gasteiger partial charge in [-0.25, -0.2) is 4.68 Å². The first-order valence-electron chi connectivity index (χ1n) is 7.61. The maximum absolute atomic E-state index is 4.24. The van der Waals surface area contributed by atoms with Crippen molar-refractivity contribution in [1.82, 2.24) is 15.1 Å². The minimum atomic E-state index is 0.592. The lowest BCUT2D eigenvalue weighted by Gasteiger charge is -2.41. The number of benzene rings is 1. The highest BCUT2D eigenvalue weighted by molar-refractivity contribution is 5.33. The molecule has 0 saturated heterocycles. The molecule has 0 aliphatic heterocycles. The Labute approximate surface area is 121 Å². The van der Waals surface area contributed by atoms with Crippen molar-refractivity contribution in [2.24, 2.45) is 5.41 Å². The molecule has 1 aromatic carbocycles. The molecule has 1 N–H and O–H groups in total. The summed E-state index contributed by atoms with van der Waals surface area (Å²) in [6.07, 6.45) is 9.28. The van der Waals surface area contributed by atoms with E-state index < -0.39 is 0 Å². The molecule has 3 nitrogen and oxygen atoms in total. The van der Waals surface area contributed by atoms with E-state index in [9.17, 15) is 0 Å². The summed E-state index contributed by atoms with van der Waals surface area (Å²) in [5, 5.41) is 7.87. The Morgan fingerprint density at radius 2 is 2.05 bits per heavy atom. The second kappa shape index (κ2) is 5.80. The van der Waals surface area contributed by atoms with Gasteiger partial charge in [0.15, 0.2) is 0 Å². The summed E-state index contributed by atoms with van der Waals surface area (Å²) < 4.78 is 1.89. The fourth-order valence-electron chi connectivity index (χ4n) is 2.99. The van der Waals surface area contributed by atoms with E-state index in [1.807, 2.05) is 16.9 Å². The van der Waals surface area contributed by atoms with Gasteiger partial charge < -0.3 is 5.32 Å². The van der Waals surface area contributed by atoms with Crippen molar-refractivity contribution in [3.05, 3.63) is 48.3 Å². The molecule has 0 radical (unpaired) electrons. The third kappa shape index (κ3) is 2.78. The zero-order valence-corrected chi connectivity index (χ0v) is 12.2. The molecule has 106 valence electrons. The van der Waals surface area contributed by atoms with Crippen LogP contribution in [0, 0.1) is 5.41 Å². The van der Waals surface area contributed by atoms with Crippen molar-refractivity contribution in [2.45, 2.75) is 39.2 Å². The first-order chi connectivity index (χ1) is 9.81. The predicted octanol–water partition coefficient (Wildman–Crippen LogP) is 3.54. The minimum Gasteiger partial charge on any atom is -0.312 e. The highest BCUT2D eigenvalue weighted by Gasteiger charge is 2.34. The second-order valence-electron chi connectivity index (χ2n) is 5.93. The first kappa shape index (κ1) is 13.4. The van der Waals surface area contributed by atoms with Crippen LogP contribution in [0.3, 0.4) is 0 Å². The van der Waals surface area contributed by atoms with E-state index in [1.54, 1.807) is 6.20 Å². The van der Waals surface area contributed by atoms with Gasteiger partial charge in [-0.15, -0.1) is 0 Å². The van der Waals surface area contributed by atoms with Gasteiger partial charge >= 0.3 is 0 Å². The predicted molar refractivity (Wildman–Crippen MR) is 81.8 cm³/mol. The molecule has 3 heteroatoms. The summed E-state index contributed by atoms with van der Waals surface area (Å²) in [6.45, 7) is 4.44. The average Bonchev–Trinajstić information content (AvgIpc) is 2.97. The molecule has 1 fully saturated rings. The number of nitrogens with one attached hydrogen (secondary N) is 1. The molecule has 1 heterocycles. The number of hydrogen-bond acceptors (Lipinski definition) is 2. The topological polar surface area (TPSA) is 29.9 Å². The first-order valence-corrected chi connectivity index (χ1v) is 7.61. The lowest BCUT2D eigenvalue weighted by atomic mass is 9.67. The Morgan fingerprint density at radius 1 is 1.25 bits per heavy atom. The highest BCUT2D eigenvalue weighted by atomic mass is 15.3. The van der Waals surface area contributed by atoms with Gasteiger partial charge in [-0.2, -0.15) is 5.10 Å². The minimum absolute atomic E-state index is 0.592. The molecule has 1 aromatic heterocycles. The zero-order chi connectivity index (χ0) is 13.8. The van der Waals surface area contributed by atoms with Crippen LogP contribution in [0.2, 0.25) is 0 Å². The van der Waals surface area contributed by atoms with Gasteiger partial charge in [-0.3, -0.25) is 0 Å². The molecular formula is C17H23N3. The summed E-state index contributed by atoms with van der Waals surface area (Å²) in [5.74, 6) is 0. The van der Waals surface area contributed by atoms with Gasteiger partial charge in [0.25, 0.3) is 0 Å². The lowest BCUT2D eigenvalue weighted by Crippen LogP contribution is -2.39. The zero-order valence-electron chi connectivity index (χ0n) is 12.2. The molecule has 0 spiro atoms. The molecule has 0 atom stereocenters. The number of aromatic nitrogens is 2. The summed E-state index contributed by atoms with van der Waals surface area (Å²) in [4.78, 5) is 0. The Hall–Kier alpha value is -1.61. The second-order valence-corrected chi connectivity index (χ2v) is 5.93. The van der Waals surface area contributed by atoms with Gasteiger partial charge in [0.2, 0.25) is 0 Å². The molecule has 2 aromatic rings. The fourth-order valence-corrected chi connectivity index (χ4v) is 2.99. The Balaban J connectivity index is 1.53. The third-order valence-electron chi connectivity index (χ3n) is 4.70. The molecule has 0 bridgehead atoms. The van der Waals surface area contributed by atoms with Gasteiger partial charge in [0.1, 0.15) is 0 Å². The van der Waals surface area contributed by atoms with Crippen LogP contribution in [0.15, 0.2) is 42.7 Å². The maximum atomic E-state index is 4.24. The van der Waals surface area contributed by atoms with Gasteiger partial charge in [0, 0.05) is 25.5 Å². The standard InChI is InChI=1S/C17H23N3/c1-2-17(9-3-10-17)14-18-13-15-5-7-16(8-6-15)20-12-4-11-19-20/h4-8,11-12,18H,2-3,9-10,13-14H2,1H3. The van der Waals surface area contributed by atoms with Gasteiger partial charge in [-0.1, -0.05) is 25.5 Å². The van der Waals surface area contributed by atoms with Crippen LogP contribution in [0.25, 0.3) is 5.69 Å². The summed E-state index contributed by atoms with van der Waals surface area (Å²) >= 11 is 0. The molecule has 1 aliphatic carbocycles. The van der Waals surface area contributed by atoms with Crippen molar-refractivity contribution < 1.29 is 0 Å². The lowest BCUT2D eigenvalue weighted by molar-refractivity contribution is 0.124. The molecule has 1 aliphatic rings. The van der Waals surface area contributed by atoms with Crippen molar-refractivity contribution in [3.63, 3.8) is 0 Å². The van der Waals surface area contributed by atoms with Gasteiger partial charge in [-0.05, 0) is 48.4 Å². The maximum Gasteiger partial charge on any atom is 0.0645 e. The monoisotopic (exact) mass is 269 g/mol. The van der Waals surface area contributed by atoms with Crippen LogP contribution >= 0.6 is 0 Å². The van der Waals surface area contributed by atoms with Crippen LogP contribution in [-0.2, 0) is 6.54 Å². The smallest absolute Gasteiger partial charge is 0.0645 e. The summed E-state index contributed by atoms with van der Waals surface area (Å²) in [6, 6.07) is 10.6.